The standard InChI is InChI=1S/C11H21F3N2O2/c1-8(2)15-9(10(17)18)4-6-16(3)7-5-11(12,13)14/h8-9,15H,4-7H2,1-3H3,(H,17,18). The van der Waals surface area contributed by atoms with Gasteiger partial charge in [-0.2, -0.15) is 13.2 Å². The van der Waals surface area contributed by atoms with Gasteiger partial charge in [-0.05, 0) is 20.0 Å². The van der Waals surface area contributed by atoms with E-state index in [4.69, 9.17) is 5.11 Å². The van der Waals surface area contributed by atoms with Gasteiger partial charge in [-0.25, -0.2) is 0 Å². The molecule has 0 aromatic carbocycles. The molecule has 0 radical (unpaired) electrons. The van der Waals surface area contributed by atoms with Crippen LogP contribution in [0.4, 0.5) is 13.2 Å². The second-order valence-corrected chi connectivity index (χ2v) is 4.67. The maximum absolute atomic E-state index is 12.0. The number of hydrogen-bond acceptors (Lipinski definition) is 3. The predicted octanol–water partition coefficient (Wildman–Crippen LogP) is 1.71. The topological polar surface area (TPSA) is 52.6 Å². The second kappa shape index (κ2) is 7.58. The summed E-state index contributed by atoms with van der Waals surface area (Å²) in [6.45, 7) is 3.84. The van der Waals surface area contributed by atoms with Crippen LogP contribution in [0.25, 0.3) is 0 Å². The van der Waals surface area contributed by atoms with Gasteiger partial charge < -0.3 is 15.3 Å². The van der Waals surface area contributed by atoms with Crippen LogP contribution in [0.5, 0.6) is 0 Å². The van der Waals surface area contributed by atoms with Crippen LogP contribution >= 0.6 is 0 Å². The van der Waals surface area contributed by atoms with E-state index in [-0.39, 0.29) is 19.0 Å². The second-order valence-electron chi connectivity index (χ2n) is 4.67. The summed E-state index contributed by atoms with van der Waals surface area (Å²) in [5, 5.41) is 11.8. The highest BCUT2D eigenvalue weighted by atomic mass is 19.4. The van der Waals surface area contributed by atoms with E-state index in [2.05, 4.69) is 5.32 Å². The summed E-state index contributed by atoms with van der Waals surface area (Å²) in [5.41, 5.74) is 0. The largest absolute Gasteiger partial charge is 0.480 e. The molecule has 0 amide bonds. The predicted molar refractivity (Wildman–Crippen MR) is 62.5 cm³/mol. The zero-order valence-electron chi connectivity index (χ0n) is 10.9. The van der Waals surface area contributed by atoms with Crippen LogP contribution in [-0.4, -0.2) is 54.4 Å². The molecule has 1 atom stereocenters. The first-order chi connectivity index (χ1) is 8.11. The van der Waals surface area contributed by atoms with E-state index in [9.17, 15) is 18.0 Å². The SMILES string of the molecule is CC(C)NC(CCN(C)CCC(F)(F)F)C(=O)O. The molecule has 0 aliphatic carbocycles. The number of carboxylic acid groups (broad SMARTS) is 1. The summed E-state index contributed by atoms with van der Waals surface area (Å²) in [6, 6.07) is -0.704. The quantitative estimate of drug-likeness (QED) is 0.705. The third kappa shape index (κ3) is 9.23. The molecule has 0 heterocycles. The minimum atomic E-state index is -4.17. The van der Waals surface area contributed by atoms with Gasteiger partial charge in [0, 0.05) is 12.6 Å². The molecule has 108 valence electrons. The van der Waals surface area contributed by atoms with E-state index in [0.29, 0.717) is 6.54 Å². The highest BCUT2D eigenvalue weighted by Gasteiger charge is 2.27. The van der Waals surface area contributed by atoms with Crippen molar-refractivity contribution in [2.24, 2.45) is 0 Å². The molecular weight excluding hydrogens is 249 g/mol. The Balaban J connectivity index is 4.00. The summed E-state index contributed by atoms with van der Waals surface area (Å²) in [6.07, 6.45) is -4.77. The first-order valence-electron chi connectivity index (χ1n) is 5.86. The lowest BCUT2D eigenvalue weighted by atomic mass is 10.1. The van der Waals surface area contributed by atoms with Gasteiger partial charge in [-0.1, -0.05) is 13.8 Å². The molecule has 0 fully saturated rings. The van der Waals surface area contributed by atoms with Crippen molar-refractivity contribution in [3.05, 3.63) is 0 Å². The van der Waals surface area contributed by atoms with Crippen molar-refractivity contribution >= 4 is 5.97 Å². The molecule has 0 aliphatic rings. The number of nitrogens with one attached hydrogen (secondary N) is 1. The van der Waals surface area contributed by atoms with Crippen molar-refractivity contribution in [3.63, 3.8) is 0 Å². The van der Waals surface area contributed by atoms with Crippen LogP contribution in [0.3, 0.4) is 0 Å². The Morgan fingerprint density at radius 1 is 1.33 bits per heavy atom. The Labute approximate surface area is 105 Å². The van der Waals surface area contributed by atoms with Crippen LogP contribution < -0.4 is 5.32 Å². The summed E-state index contributed by atoms with van der Waals surface area (Å²) < 4.78 is 35.9. The molecule has 7 heteroatoms. The molecule has 0 rings (SSSR count). The average Bonchev–Trinajstić information content (AvgIpc) is 2.19. The van der Waals surface area contributed by atoms with Crippen molar-refractivity contribution in [3.8, 4) is 0 Å². The van der Waals surface area contributed by atoms with Gasteiger partial charge in [0.15, 0.2) is 0 Å². The van der Waals surface area contributed by atoms with Crippen molar-refractivity contribution in [1.82, 2.24) is 10.2 Å². The smallest absolute Gasteiger partial charge is 0.390 e. The van der Waals surface area contributed by atoms with Crippen molar-refractivity contribution < 1.29 is 23.1 Å². The molecule has 2 N–H and O–H groups in total. The molecule has 0 aliphatic heterocycles. The van der Waals surface area contributed by atoms with Gasteiger partial charge >= 0.3 is 12.1 Å². The maximum atomic E-state index is 12.0. The zero-order valence-corrected chi connectivity index (χ0v) is 10.9. The number of aliphatic carboxylic acids is 1. The summed E-state index contributed by atoms with van der Waals surface area (Å²) >= 11 is 0. The van der Waals surface area contributed by atoms with Crippen LogP contribution in [0, 0.1) is 0 Å². The Kier molecular flexibility index (Phi) is 7.23. The molecule has 0 aromatic rings. The minimum absolute atomic E-state index is 0.0200. The number of hydrogen-bond donors (Lipinski definition) is 2. The zero-order chi connectivity index (χ0) is 14.3. The Hall–Kier alpha value is -0.820. The first kappa shape index (κ1) is 17.2. The number of carboxylic acids is 1. The summed E-state index contributed by atoms with van der Waals surface area (Å²) in [4.78, 5) is 12.4. The Morgan fingerprint density at radius 2 is 1.89 bits per heavy atom. The molecule has 0 bridgehead atoms. The van der Waals surface area contributed by atoms with E-state index < -0.39 is 24.6 Å². The van der Waals surface area contributed by atoms with Crippen molar-refractivity contribution in [2.75, 3.05) is 20.1 Å². The molecule has 4 nitrogen and oxygen atoms in total. The monoisotopic (exact) mass is 270 g/mol. The number of halogens is 3. The highest BCUT2D eigenvalue weighted by molar-refractivity contribution is 5.73. The van der Waals surface area contributed by atoms with Gasteiger partial charge in [0.05, 0.1) is 6.42 Å². The minimum Gasteiger partial charge on any atom is -0.480 e. The van der Waals surface area contributed by atoms with E-state index in [0.717, 1.165) is 0 Å². The number of carbonyl (C=O) groups is 1. The number of rotatable bonds is 8. The molecule has 0 saturated heterocycles. The van der Waals surface area contributed by atoms with E-state index >= 15 is 0 Å². The fourth-order valence-electron chi connectivity index (χ4n) is 1.46. The molecular formula is C11H21F3N2O2. The molecule has 0 aromatic heterocycles. The maximum Gasteiger partial charge on any atom is 0.390 e. The van der Waals surface area contributed by atoms with E-state index in [1.165, 1.54) is 4.90 Å². The number of nitrogens with zero attached hydrogens (tertiary/aromatic N) is 1. The third-order valence-electron chi connectivity index (χ3n) is 2.41. The summed E-state index contributed by atoms with van der Waals surface area (Å²) in [7, 11) is 1.56. The fraction of sp³-hybridized carbons (Fsp3) is 0.909. The van der Waals surface area contributed by atoms with Crippen molar-refractivity contribution in [1.29, 1.82) is 0 Å². The molecule has 0 spiro atoms. The van der Waals surface area contributed by atoms with Crippen LogP contribution in [0.15, 0.2) is 0 Å². The molecule has 18 heavy (non-hydrogen) atoms. The fourth-order valence-corrected chi connectivity index (χ4v) is 1.46. The Bertz CT molecular complexity index is 257. The normalized spacial score (nSPS) is 14.2. The lowest BCUT2D eigenvalue weighted by Crippen LogP contribution is -2.43. The Morgan fingerprint density at radius 3 is 2.28 bits per heavy atom. The molecule has 1 unspecified atom stereocenters. The highest BCUT2D eigenvalue weighted by Crippen LogP contribution is 2.19. The van der Waals surface area contributed by atoms with Gasteiger partial charge in [0.2, 0.25) is 0 Å². The van der Waals surface area contributed by atoms with Gasteiger partial charge in [0.1, 0.15) is 6.04 Å². The van der Waals surface area contributed by atoms with Crippen molar-refractivity contribution in [2.45, 2.75) is 44.9 Å². The number of alkyl halides is 3. The van der Waals surface area contributed by atoms with Gasteiger partial charge in [-0.15, -0.1) is 0 Å². The van der Waals surface area contributed by atoms with Crippen LogP contribution in [-0.2, 0) is 4.79 Å². The van der Waals surface area contributed by atoms with E-state index in [1.807, 2.05) is 13.8 Å². The lowest BCUT2D eigenvalue weighted by Gasteiger charge is -2.22. The first-order valence-corrected chi connectivity index (χ1v) is 5.86. The van der Waals surface area contributed by atoms with Gasteiger partial charge in [0.25, 0.3) is 0 Å². The average molecular weight is 270 g/mol. The van der Waals surface area contributed by atoms with Gasteiger partial charge in [-0.3, -0.25) is 4.79 Å². The lowest BCUT2D eigenvalue weighted by molar-refractivity contribution is -0.141. The molecule has 0 saturated carbocycles. The van der Waals surface area contributed by atoms with E-state index in [1.54, 1.807) is 7.05 Å². The van der Waals surface area contributed by atoms with Crippen LogP contribution in [0.1, 0.15) is 26.7 Å². The third-order valence-corrected chi connectivity index (χ3v) is 2.41. The van der Waals surface area contributed by atoms with Crippen LogP contribution in [0.2, 0.25) is 0 Å². The summed E-state index contributed by atoms with van der Waals surface area (Å²) in [5.74, 6) is -0.979.